The number of primary amides is 1. The number of hydrogen-bond donors (Lipinski definition) is 3. The van der Waals surface area contributed by atoms with Crippen LogP contribution in [-0.2, 0) is 15.8 Å². The number of carbonyl (C=O) groups excluding carboxylic acids is 2. The third kappa shape index (κ3) is 5.21. The summed E-state index contributed by atoms with van der Waals surface area (Å²) < 4.78 is 73.8. The molecule has 0 fully saturated rings. The summed E-state index contributed by atoms with van der Waals surface area (Å²) in [5.74, 6) is -1.96. The molecule has 230 valence electrons. The van der Waals surface area contributed by atoms with Gasteiger partial charge in [0.15, 0.2) is 5.76 Å². The number of aryl methyl sites for hydroxylation is 1. The molecule has 1 aliphatic heterocycles. The van der Waals surface area contributed by atoms with Gasteiger partial charge in [-0.25, -0.2) is 9.37 Å². The fraction of sp³-hybridized carbons (Fsp3) is 0.267. The molecular weight excluding hydrogens is 588 g/mol. The van der Waals surface area contributed by atoms with Crippen LogP contribution in [0.25, 0.3) is 22.6 Å². The summed E-state index contributed by atoms with van der Waals surface area (Å²) >= 11 is 0. The molecule has 14 heteroatoms. The number of benzene rings is 2. The molecule has 2 aromatic heterocycles. The van der Waals surface area contributed by atoms with Gasteiger partial charge in [-0.1, -0.05) is 5.16 Å². The quantitative estimate of drug-likeness (QED) is 0.250. The normalized spacial score (nSPS) is 17.4. The van der Waals surface area contributed by atoms with Crippen LogP contribution in [0.2, 0.25) is 0 Å². The highest BCUT2D eigenvalue weighted by Crippen LogP contribution is 2.47. The van der Waals surface area contributed by atoms with Crippen molar-refractivity contribution in [2.75, 3.05) is 20.3 Å². The molecule has 2 aromatic carbocycles. The van der Waals surface area contributed by atoms with Crippen molar-refractivity contribution in [2.24, 2.45) is 5.73 Å². The van der Waals surface area contributed by atoms with E-state index in [0.717, 1.165) is 18.2 Å². The van der Waals surface area contributed by atoms with Crippen molar-refractivity contribution in [1.29, 1.82) is 0 Å². The highest BCUT2D eigenvalue weighted by atomic mass is 19.4. The Hall–Kier alpha value is -4.98. The third-order valence-corrected chi connectivity index (χ3v) is 7.49. The van der Waals surface area contributed by atoms with Gasteiger partial charge in [0.2, 0.25) is 11.5 Å². The number of rotatable bonds is 8. The first-order chi connectivity index (χ1) is 20.7. The number of fused-ring (bicyclic) bond motifs is 1. The molecule has 2 atom stereocenters. The van der Waals surface area contributed by atoms with Crippen molar-refractivity contribution in [3.05, 3.63) is 82.9 Å². The maximum Gasteiger partial charge on any atom is 0.424 e. The first-order valence-electron chi connectivity index (χ1n) is 13.1. The van der Waals surface area contributed by atoms with Gasteiger partial charge in [-0.2, -0.15) is 13.2 Å². The summed E-state index contributed by atoms with van der Waals surface area (Å²) in [6, 6.07) is 11.3. The number of aliphatic hydroxyl groups is 1. The molecule has 5 rings (SSSR count). The minimum atomic E-state index is -5.37. The van der Waals surface area contributed by atoms with Gasteiger partial charge in [-0.05, 0) is 62.4 Å². The molecule has 0 radical (unpaired) electrons. The Kier molecular flexibility index (Phi) is 7.58. The van der Waals surface area contributed by atoms with Gasteiger partial charge in [0.05, 0.1) is 30.6 Å². The van der Waals surface area contributed by atoms with Crippen molar-refractivity contribution in [3.63, 3.8) is 0 Å². The largest absolute Gasteiger partial charge is 0.496 e. The Morgan fingerprint density at radius 3 is 2.43 bits per heavy atom. The molecule has 10 nitrogen and oxygen atoms in total. The Balaban J connectivity index is 1.54. The lowest BCUT2D eigenvalue weighted by molar-refractivity contribution is -0.265. The maximum atomic E-state index is 14.6. The van der Waals surface area contributed by atoms with E-state index in [1.807, 2.05) is 0 Å². The molecule has 0 aliphatic carbocycles. The highest BCUT2D eigenvalue weighted by Gasteiger charge is 2.57. The molecular formula is C30H26F4N4O6. The van der Waals surface area contributed by atoms with Gasteiger partial charge < -0.3 is 30.2 Å². The number of alkyl halides is 3. The lowest BCUT2D eigenvalue weighted by Crippen LogP contribution is -2.51. The molecule has 4 N–H and O–H groups in total. The predicted molar refractivity (Wildman–Crippen MR) is 147 cm³/mol. The lowest BCUT2D eigenvalue weighted by Gasteiger charge is -2.31. The van der Waals surface area contributed by atoms with E-state index in [9.17, 15) is 32.3 Å². The van der Waals surface area contributed by atoms with Crippen LogP contribution in [0.4, 0.5) is 17.6 Å². The summed E-state index contributed by atoms with van der Waals surface area (Å²) in [6.07, 6.45) is -5.37. The molecule has 0 bridgehead atoms. The monoisotopic (exact) mass is 614 g/mol. The topological polar surface area (TPSA) is 150 Å². The SMILES string of the molecule is COc1cc(C(=O)NC[C@](O)(c2cc3c(c(-c4ccc(F)cc4)n2)OC[C@]3(C)C(N)=O)C(F)(F)F)ccc1-c1cc(C)no1. The fourth-order valence-electron chi connectivity index (χ4n) is 4.78. The van der Waals surface area contributed by atoms with Crippen LogP contribution >= 0.6 is 0 Å². The summed E-state index contributed by atoms with van der Waals surface area (Å²) in [6.45, 7) is 1.43. The van der Waals surface area contributed by atoms with Gasteiger partial charge >= 0.3 is 6.18 Å². The van der Waals surface area contributed by atoms with Gasteiger partial charge in [0.25, 0.3) is 5.91 Å². The van der Waals surface area contributed by atoms with Crippen LogP contribution in [0, 0.1) is 12.7 Å². The minimum Gasteiger partial charge on any atom is -0.496 e. The van der Waals surface area contributed by atoms with E-state index in [4.69, 9.17) is 19.7 Å². The number of hydrogen-bond acceptors (Lipinski definition) is 8. The van der Waals surface area contributed by atoms with Gasteiger partial charge in [-0.3, -0.25) is 9.59 Å². The molecule has 44 heavy (non-hydrogen) atoms. The Bertz CT molecular complexity index is 1760. The van der Waals surface area contributed by atoms with Crippen LogP contribution in [0.3, 0.4) is 0 Å². The van der Waals surface area contributed by atoms with E-state index in [2.05, 4.69) is 15.5 Å². The first kappa shape index (κ1) is 30.5. The van der Waals surface area contributed by atoms with E-state index in [0.29, 0.717) is 17.0 Å². The Morgan fingerprint density at radius 2 is 1.84 bits per heavy atom. The fourth-order valence-corrected chi connectivity index (χ4v) is 4.78. The second-order valence-corrected chi connectivity index (χ2v) is 10.5. The molecule has 2 amide bonds. The molecule has 0 unspecified atom stereocenters. The van der Waals surface area contributed by atoms with Crippen molar-refractivity contribution in [2.45, 2.75) is 31.0 Å². The van der Waals surface area contributed by atoms with E-state index >= 15 is 0 Å². The molecule has 1 aliphatic rings. The number of ether oxygens (including phenoxy) is 2. The first-order valence-corrected chi connectivity index (χ1v) is 13.1. The zero-order valence-electron chi connectivity index (χ0n) is 23.6. The summed E-state index contributed by atoms with van der Waals surface area (Å²) in [5.41, 5.74) is 0.235. The Morgan fingerprint density at radius 1 is 1.14 bits per heavy atom. The van der Waals surface area contributed by atoms with E-state index in [1.54, 1.807) is 13.0 Å². The Labute approximate surface area is 247 Å². The number of carbonyl (C=O) groups is 2. The molecule has 0 spiro atoms. The second-order valence-electron chi connectivity index (χ2n) is 10.5. The zero-order valence-corrected chi connectivity index (χ0v) is 23.6. The zero-order chi connectivity index (χ0) is 32.0. The van der Waals surface area contributed by atoms with Crippen LogP contribution in [0.15, 0.2) is 59.1 Å². The second kappa shape index (κ2) is 10.9. The standard InChI is InChI=1S/C30H26F4N4O6/c1-15-10-22(44-38-15)19-9-6-17(11-21(19)42-3)26(39)36-13-29(41,30(32,33)34)23-12-20-25(43-14-28(20,2)27(35)40)24(37-23)16-4-7-18(31)8-5-16/h4-12,41H,13-14H2,1-3H3,(H2,35,40)(H,36,39)/t28-,29-/m0/s1. The van der Waals surface area contributed by atoms with E-state index in [-0.39, 0.29) is 40.5 Å². The molecule has 4 aromatic rings. The number of pyridine rings is 1. The number of methoxy groups -OCH3 is 1. The third-order valence-electron chi connectivity index (χ3n) is 7.49. The average molecular weight is 615 g/mol. The summed E-state index contributed by atoms with van der Waals surface area (Å²) in [7, 11) is 1.34. The molecule has 3 heterocycles. The van der Waals surface area contributed by atoms with Crippen molar-refractivity contribution in [1.82, 2.24) is 15.5 Å². The summed E-state index contributed by atoms with van der Waals surface area (Å²) in [4.78, 5) is 29.5. The number of nitrogens with one attached hydrogen (secondary N) is 1. The number of nitrogens with zero attached hydrogens (tertiary/aromatic N) is 2. The number of halogens is 4. The maximum absolute atomic E-state index is 14.6. The molecule has 0 saturated heterocycles. The number of aromatic nitrogens is 2. The molecule has 0 saturated carbocycles. The van der Waals surface area contributed by atoms with Crippen molar-refractivity contribution < 1.29 is 46.3 Å². The minimum absolute atomic E-state index is 0.0376. The average Bonchev–Trinajstić information content (AvgIpc) is 3.58. The highest BCUT2D eigenvalue weighted by molar-refractivity contribution is 5.95. The van der Waals surface area contributed by atoms with Gasteiger partial charge in [-0.15, -0.1) is 0 Å². The van der Waals surface area contributed by atoms with Crippen LogP contribution in [0.5, 0.6) is 11.5 Å². The van der Waals surface area contributed by atoms with Gasteiger partial charge in [0, 0.05) is 22.8 Å². The van der Waals surface area contributed by atoms with Crippen LogP contribution in [0.1, 0.15) is 34.2 Å². The van der Waals surface area contributed by atoms with E-state index < -0.39 is 47.1 Å². The van der Waals surface area contributed by atoms with Crippen molar-refractivity contribution >= 4 is 11.8 Å². The smallest absolute Gasteiger partial charge is 0.424 e. The number of amides is 2. The van der Waals surface area contributed by atoms with E-state index in [1.165, 1.54) is 44.4 Å². The van der Waals surface area contributed by atoms with Crippen LogP contribution in [-0.4, -0.2) is 53.5 Å². The van der Waals surface area contributed by atoms with Crippen LogP contribution < -0.4 is 20.5 Å². The predicted octanol–water partition coefficient (Wildman–Crippen LogP) is 4.18. The summed E-state index contributed by atoms with van der Waals surface area (Å²) in [5, 5.41) is 17.1. The van der Waals surface area contributed by atoms with Crippen molar-refractivity contribution in [3.8, 4) is 34.1 Å². The van der Waals surface area contributed by atoms with Gasteiger partial charge in [0.1, 0.15) is 35.0 Å². The number of nitrogens with two attached hydrogens (primary N) is 1. The lowest BCUT2D eigenvalue weighted by atomic mass is 9.81.